The molecule has 8 heterocycles. The SMILES string of the molecule is CCOC(C)(OCC)OCC.Cc1nc2ncc(Br)cc2n1Cc1ccccc1.Cc1noc(C)c1N.Cc1noc(C)c1Nc1cnc2nc(C)n(Cc3ccccc3)c2c1.Nc1cc(Br)cnc1N.Nc1ncc(Br)cc1NCc1ccccc1.O=Cc1ccccc1. The van der Waals surface area contributed by atoms with E-state index in [1.54, 1.807) is 56.8 Å². The Morgan fingerprint density at radius 3 is 1.41 bits per heavy atom. The molecule has 4 aromatic carbocycles. The molecule has 0 amide bonds. The standard InChI is InChI=1S/C19H19N5O.C14H12BrN3.C12H12BrN3.C8H18O3.C7H6O.C5H6BrN3.C5H8N2O/c1-12-18(13(2)25-23-12)22-16-9-17-19(20-10-16)21-14(3)24(17)11-15-7-5-4-6-8-15;1-10-17-14-13(7-12(15)8-16-14)18(10)9-11-5-3-2-4-6-11;13-10-6-11(12(14)16-8-10)15-7-9-4-2-1-3-5-9;1-5-9-8(4,10-6-2)11-7-3;8-6-7-4-2-1-3-5-7;6-3-1-4(7)5(8)9-2-3;1-3-5(6)4(2)8-7-3/h4-10,22H,11H2,1-3H3;2-8H,9H2,1H3;1-6,8,15H,7H2,(H2,14,16);5-7H2,1-4H3;1-6H;1-2H,7H2,(H2,8,9);6H2,1-2H3. The van der Waals surface area contributed by atoms with Crippen molar-refractivity contribution in [1.29, 1.82) is 0 Å². The number of nitrogens with zero attached hydrogens (tertiary/aromatic N) is 10. The van der Waals surface area contributed by atoms with Gasteiger partial charge in [0.15, 0.2) is 22.8 Å². The van der Waals surface area contributed by atoms with Crippen molar-refractivity contribution < 1.29 is 28.1 Å². The van der Waals surface area contributed by atoms with Crippen molar-refractivity contribution in [2.45, 2.75) is 94.8 Å². The van der Waals surface area contributed by atoms with Crippen LogP contribution in [0.1, 0.15) is 89.3 Å². The second kappa shape index (κ2) is 38.1. The highest BCUT2D eigenvalue weighted by molar-refractivity contribution is 9.11. The molecule has 95 heavy (non-hydrogen) atoms. The zero-order chi connectivity index (χ0) is 68.9. The number of fused-ring (bicyclic) bond motifs is 2. The van der Waals surface area contributed by atoms with Crippen LogP contribution in [0, 0.1) is 41.5 Å². The van der Waals surface area contributed by atoms with E-state index in [0.717, 1.165) is 113 Å². The van der Waals surface area contributed by atoms with E-state index in [1.165, 1.54) is 16.7 Å². The fraction of sp³-hybridized carbons (Fsp3) is 0.243. The van der Waals surface area contributed by atoms with Gasteiger partial charge in [-0.05, 0) is 151 Å². The van der Waals surface area contributed by atoms with E-state index in [0.29, 0.717) is 48.6 Å². The molecular formula is C70H81Br3N16O6. The number of hydrogen-bond donors (Lipinski definition) is 6. The highest BCUT2D eigenvalue weighted by Gasteiger charge is 2.25. The lowest BCUT2D eigenvalue weighted by atomic mass is 10.2. The van der Waals surface area contributed by atoms with Gasteiger partial charge in [0.25, 0.3) is 5.97 Å². The Labute approximate surface area is 579 Å². The van der Waals surface area contributed by atoms with E-state index in [1.807, 2.05) is 122 Å². The number of carbonyl (C=O) groups excluding carboxylic acids is 1. The Bertz CT molecular complexity index is 4210. The van der Waals surface area contributed by atoms with Gasteiger partial charge in [0.2, 0.25) is 0 Å². The largest absolute Gasteiger partial charge is 0.396 e. The summed E-state index contributed by atoms with van der Waals surface area (Å²) < 4.78 is 32.8. The first-order valence-electron chi connectivity index (χ1n) is 30.2. The number of carbonyl (C=O) groups is 1. The summed E-state index contributed by atoms with van der Waals surface area (Å²) in [6.45, 7) is 23.0. The van der Waals surface area contributed by atoms with E-state index >= 15 is 0 Å². The van der Waals surface area contributed by atoms with Crippen LogP contribution in [0.3, 0.4) is 0 Å². The maximum absolute atomic E-state index is 10.0. The number of aromatic nitrogens is 10. The fourth-order valence-corrected chi connectivity index (χ4v) is 9.80. The van der Waals surface area contributed by atoms with Crippen molar-refractivity contribution in [3.05, 3.63) is 241 Å². The molecule has 498 valence electrons. The summed E-state index contributed by atoms with van der Waals surface area (Å²) in [5.41, 5.74) is 35.3. The van der Waals surface area contributed by atoms with Gasteiger partial charge in [0.1, 0.15) is 46.6 Å². The van der Waals surface area contributed by atoms with E-state index in [2.05, 4.69) is 168 Å². The van der Waals surface area contributed by atoms with E-state index < -0.39 is 5.97 Å². The van der Waals surface area contributed by atoms with E-state index in [-0.39, 0.29) is 0 Å². The summed E-state index contributed by atoms with van der Waals surface area (Å²) in [6.07, 6.45) is 7.68. The Morgan fingerprint density at radius 2 is 0.979 bits per heavy atom. The number of rotatable bonds is 16. The van der Waals surface area contributed by atoms with Gasteiger partial charge >= 0.3 is 0 Å². The molecule has 0 saturated carbocycles. The van der Waals surface area contributed by atoms with Crippen LogP contribution in [0.15, 0.2) is 193 Å². The Morgan fingerprint density at radius 1 is 0.537 bits per heavy atom. The van der Waals surface area contributed by atoms with Crippen LogP contribution < -0.4 is 33.6 Å². The first-order chi connectivity index (χ1) is 45.6. The van der Waals surface area contributed by atoms with Crippen LogP contribution in [-0.4, -0.2) is 81.4 Å². The number of nitrogens with one attached hydrogen (secondary N) is 2. The molecule has 0 aliphatic carbocycles. The molecule has 0 aliphatic rings. The molecule has 12 rings (SSSR count). The predicted octanol–water partition coefficient (Wildman–Crippen LogP) is 15.9. The molecule has 0 aliphatic heterocycles. The molecule has 8 aromatic heterocycles. The quantitative estimate of drug-likeness (QED) is 0.0387. The van der Waals surface area contributed by atoms with Crippen molar-refractivity contribution in [2.75, 3.05) is 53.4 Å². The first kappa shape index (κ1) is 74.7. The number of benzene rings is 4. The summed E-state index contributed by atoms with van der Waals surface area (Å²) in [5, 5.41) is 14.2. The minimum Gasteiger partial charge on any atom is -0.396 e. The van der Waals surface area contributed by atoms with Gasteiger partial charge in [-0.15, -0.1) is 0 Å². The summed E-state index contributed by atoms with van der Waals surface area (Å²) in [7, 11) is 0. The van der Waals surface area contributed by atoms with E-state index in [4.69, 9.17) is 46.2 Å². The number of anilines is 7. The number of halogens is 3. The molecule has 0 atom stereocenters. The average Bonchev–Trinajstić information content (AvgIpc) is 1.66. The highest BCUT2D eigenvalue weighted by Crippen LogP contribution is 2.28. The molecule has 12 aromatic rings. The lowest BCUT2D eigenvalue weighted by Crippen LogP contribution is -2.35. The van der Waals surface area contributed by atoms with Crippen LogP contribution >= 0.6 is 47.8 Å². The minimum absolute atomic E-state index is 0.373. The van der Waals surface area contributed by atoms with Crippen molar-refractivity contribution in [1.82, 2.24) is 49.4 Å². The lowest BCUT2D eigenvalue weighted by molar-refractivity contribution is -0.365. The van der Waals surface area contributed by atoms with E-state index in [9.17, 15) is 4.79 Å². The van der Waals surface area contributed by atoms with Crippen molar-refractivity contribution in [3.8, 4) is 0 Å². The molecule has 0 bridgehead atoms. The lowest BCUT2D eigenvalue weighted by Gasteiger charge is -2.27. The maximum atomic E-state index is 10.0. The molecule has 10 N–H and O–H groups in total. The predicted molar refractivity (Wildman–Crippen MR) is 389 cm³/mol. The molecule has 22 nitrogen and oxygen atoms in total. The van der Waals surface area contributed by atoms with Crippen LogP contribution in [0.2, 0.25) is 0 Å². The van der Waals surface area contributed by atoms with Gasteiger partial charge in [-0.3, -0.25) is 4.79 Å². The molecule has 0 spiro atoms. The van der Waals surface area contributed by atoms with Crippen molar-refractivity contribution in [3.63, 3.8) is 0 Å². The average molecular weight is 1480 g/mol. The third-order valence-electron chi connectivity index (χ3n) is 13.6. The maximum Gasteiger partial charge on any atom is 0.279 e. The van der Waals surface area contributed by atoms with Crippen molar-refractivity contribution in [2.24, 2.45) is 0 Å². The highest BCUT2D eigenvalue weighted by atomic mass is 79.9. The summed E-state index contributed by atoms with van der Waals surface area (Å²) in [5.74, 6) is 3.42. The monoisotopic (exact) mass is 1480 g/mol. The summed E-state index contributed by atoms with van der Waals surface area (Å²) in [4.78, 5) is 35.7. The summed E-state index contributed by atoms with van der Waals surface area (Å²) >= 11 is 10.0. The number of imidazole rings is 2. The molecule has 25 heteroatoms. The molecular weight excluding hydrogens is 1400 g/mol. The Hall–Kier alpha value is -9.37. The summed E-state index contributed by atoms with van der Waals surface area (Å²) in [6, 6.07) is 47.7. The number of hydrogen-bond acceptors (Lipinski definition) is 20. The number of nitrogens with two attached hydrogens (primary N) is 4. The Kier molecular flexibility index (Phi) is 30.0. The van der Waals surface area contributed by atoms with Gasteiger partial charge in [-0.2, -0.15) is 0 Å². The molecule has 0 saturated heterocycles. The normalized spacial score (nSPS) is 10.5. The second-order valence-corrected chi connectivity index (χ2v) is 23.6. The van der Waals surface area contributed by atoms with Crippen LogP contribution in [0.4, 0.5) is 40.1 Å². The van der Waals surface area contributed by atoms with Gasteiger partial charge in [-0.1, -0.05) is 132 Å². The second-order valence-electron chi connectivity index (χ2n) is 20.8. The number of aryl methyl sites for hydroxylation is 6. The van der Waals surface area contributed by atoms with Crippen LogP contribution in [-0.2, 0) is 33.8 Å². The van der Waals surface area contributed by atoms with Crippen LogP contribution in [0.25, 0.3) is 22.3 Å². The van der Waals surface area contributed by atoms with Crippen molar-refractivity contribution >= 4 is 116 Å². The third-order valence-corrected chi connectivity index (χ3v) is 14.9. The molecule has 0 fully saturated rings. The molecule has 0 unspecified atom stereocenters. The first-order valence-corrected chi connectivity index (χ1v) is 32.6. The van der Waals surface area contributed by atoms with Gasteiger partial charge in [-0.25, -0.2) is 29.9 Å². The van der Waals surface area contributed by atoms with Gasteiger partial charge in [0, 0.05) is 84.0 Å². The zero-order valence-corrected chi connectivity index (χ0v) is 59.6. The topological polar surface area (TPSA) is 312 Å². The fourth-order valence-electron chi connectivity index (χ4n) is 8.80. The third kappa shape index (κ3) is 23.9. The smallest absolute Gasteiger partial charge is 0.279 e. The number of ether oxygens (including phenoxy) is 3. The Balaban J connectivity index is 0.000000183. The minimum atomic E-state index is -0.849. The number of pyridine rings is 4. The van der Waals surface area contributed by atoms with Gasteiger partial charge in [0.05, 0.1) is 40.0 Å². The van der Waals surface area contributed by atoms with Gasteiger partial charge < -0.3 is 66.0 Å². The number of aldehydes is 1. The number of nitrogen functional groups attached to an aromatic ring is 4. The molecule has 0 radical (unpaired) electrons. The van der Waals surface area contributed by atoms with Crippen LogP contribution in [0.5, 0.6) is 0 Å². The zero-order valence-electron chi connectivity index (χ0n) is 54.9.